The van der Waals surface area contributed by atoms with Gasteiger partial charge in [-0.15, -0.1) is 0 Å². The Hall–Kier alpha value is -2.70. The Bertz CT molecular complexity index is 673. The maximum Gasteiger partial charge on any atom is 0.258 e. The first kappa shape index (κ1) is 10.5. The van der Waals surface area contributed by atoms with E-state index in [1.54, 1.807) is 0 Å². The molecule has 7 nitrogen and oxygen atoms in total. The van der Waals surface area contributed by atoms with Crippen LogP contribution in [0.4, 0.5) is 5.69 Å². The monoisotopic (exact) mass is 242 g/mol. The molecule has 0 aliphatic rings. The summed E-state index contributed by atoms with van der Waals surface area (Å²) in [6.45, 7) is 1.92. The fourth-order valence-corrected chi connectivity index (χ4v) is 1.56. The number of nitrogens with zero attached hydrogens (tertiary/aromatic N) is 4. The van der Waals surface area contributed by atoms with Gasteiger partial charge in [-0.25, -0.2) is 0 Å². The number of nitrogens with two attached hydrogens (primary N) is 1. The lowest BCUT2D eigenvalue weighted by molar-refractivity contribution is 0.432. The van der Waals surface area contributed by atoms with Crippen molar-refractivity contribution < 1.29 is 4.52 Å². The van der Waals surface area contributed by atoms with E-state index in [0.29, 0.717) is 17.4 Å². The lowest BCUT2D eigenvalue weighted by Gasteiger charge is -2.00. The molecule has 0 fully saturated rings. The smallest absolute Gasteiger partial charge is 0.258 e. The summed E-state index contributed by atoms with van der Waals surface area (Å²) in [6.07, 6.45) is 1.53. The third kappa shape index (κ3) is 1.71. The van der Waals surface area contributed by atoms with E-state index in [-0.39, 0.29) is 0 Å². The lowest BCUT2D eigenvalue weighted by Crippen LogP contribution is -1.89. The number of hydrogen-bond acceptors (Lipinski definition) is 6. The predicted molar refractivity (Wildman–Crippen MR) is 64.3 cm³/mol. The maximum atomic E-state index is 5.76. The normalized spacial score (nSPS) is 10.7. The highest BCUT2D eigenvalue weighted by molar-refractivity contribution is 5.62. The summed E-state index contributed by atoms with van der Waals surface area (Å²) in [7, 11) is 0. The molecule has 90 valence electrons. The molecule has 2 aromatic heterocycles. The molecule has 0 spiro atoms. The minimum absolute atomic E-state index is 0.397. The zero-order chi connectivity index (χ0) is 12.5. The highest BCUT2D eigenvalue weighted by atomic mass is 16.5. The van der Waals surface area contributed by atoms with Crippen molar-refractivity contribution in [2.24, 2.45) is 0 Å². The molecule has 0 unspecified atom stereocenters. The summed E-state index contributed by atoms with van der Waals surface area (Å²) >= 11 is 0. The Morgan fingerprint density at radius 2 is 2.22 bits per heavy atom. The van der Waals surface area contributed by atoms with Crippen LogP contribution in [0.3, 0.4) is 0 Å². The van der Waals surface area contributed by atoms with Gasteiger partial charge in [0.05, 0.1) is 6.20 Å². The zero-order valence-electron chi connectivity index (χ0n) is 9.58. The molecule has 0 saturated heterocycles. The topological polar surface area (TPSA) is 107 Å². The van der Waals surface area contributed by atoms with Crippen LogP contribution in [0, 0.1) is 6.92 Å². The van der Waals surface area contributed by atoms with Gasteiger partial charge < -0.3 is 10.3 Å². The number of benzene rings is 1. The Morgan fingerprint density at radius 3 is 2.94 bits per heavy atom. The van der Waals surface area contributed by atoms with Gasteiger partial charge in [0.25, 0.3) is 5.89 Å². The van der Waals surface area contributed by atoms with Gasteiger partial charge in [0.1, 0.15) is 0 Å². The molecule has 3 aromatic rings. The summed E-state index contributed by atoms with van der Waals surface area (Å²) in [5.41, 5.74) is 8.82. The second-order valence-corrected chi connectivity index (χ2v) is 3.85. The first-order chi connectivity index (χ1) is 8.74. The summed E-state index contributed by atoms with van der Waals surface area (Å²) in [5, 5.41) is 13.9. The van der Waals surface area contributed by atoms with Gasteiger partial charge in [-0.1, -0.05) is 5.16 Å². The molecule has 0 amide bonds. The first-order valence-electron chi connectivity index (χ1n) is 5.30. The molecule has 0 saturated carbocycles. The van der Waals surface area contributed by atoms with Crippen molar-refractivity contribution in [2.45, 2.75) is 6.92 Å². The second-order valence-electron chi connectivity index (χ2n) is 3.85. The molecule has 0 aliphatic carbocycles. The third-order valence-electron chi connectivity index (χ3n) is 2.59. The van der Waals surface area contributed by atoms with Crippen LogP contribution in [0.15, 0.2) is 28.9 Å². The molecule has 1 aromatic carbocycles. The largest absolute Gasteiger partial charge is 0.399 e. The lowest BCUT2D eigenvalue weighted by atomic mass is 10.1. The van der Waals surface area contributed by atoms with Crippen LogP contribution in [0.5, 0.6) is 0 Å². The number of H-pyrrole nitrogens is 1. The van der Waals surface area contributed by atoms with Crippen LogP contribution in [0.1, 0.15) is 5.56 Å². The number of nitrogens with one attached hydrogen (secondary N) is 1. The highest BCUT2D eigenvalue weighted by Gasteiger charge is 2.12. The van der Waals surface area contributed by atoms with Crippen molar-refractivity contribution in [3.63, 3.8) is 0 Å². The number of aromatic nitrogens is 5. The van der Waals surface area contributed by atoms with Gasteiger partial charge in [0, 0.05) is 11.3 Å². The van der Waals surface area contributed by atoms with Crippen LogP contribution in [0.2, 0.25) is 0 Å². The summed E-state index contributed by atoms with van der Waals surface area (Å²) in [6, 6.07) is 5.54. The van der Waals surface area contributed by atoms with E-state index >= 15 is 0 Å². The zero-order valence-corrected chi connectivity index (χ0v) is 9.58. The molecular formula is C11H10N6O. The molecule has 2 heterocycles. The summed E-state index contributed by atoms with van der Waals surface area (Å²) in [5.74, 6) is 0.823. The number of aryl methyl sites for hydroxylation is 1. The fraction of sp³-hybridized carbons (Fsp3) is 0.0909. The SMILES string of the molecule is Cc1cc(-c2nc(-c3cn[nH]n3)no2)ccc1N. The fourth-order valence-electron chi connectivity index (χ4n) is 1.56. The highest BCUT2D eigenvalue weighted by Crippen LogP contribution is 2.23. The molecule has 0 atom stereocenters. The number of anilines is 1. The van der Waals surface area contributed by atoms with E-state index in [2.05, 4.69) is 25.6 Å². The van der Waals surface area contributed by atoms with Gasteiger partial charge >= 0.3 is 0 Å². The van der Waals surface area contributed by atoms with E-state index in [1.165, 1.54) is 6.20 Å². The van der Waals surface area contributed by atoms with Gasteiger partial charge in [0.15, 0.2) is 5.69 Å². The maximum absolute atomic E-state index is 5.76. The average molecular weight is 242 g/mol. The van der Waals surface area contributed by atoms with Crippen LogP contribution in [-0.2, 0) is 0 Å². The van der Waals surface area contributed by atoms with Crippen LogP contribution in [-0.4, -0.2) is 25.6 Å². The molecule has 3 N–H and O–H groups in total. The van der Waals surface area contributed by atoms with Crippen molar-refractivity contribution in [3.05, 3.63) is 30.0 Å². The van der Waals surface area contributed by atoms with Gasteiger partial charge in [0.2, 0.25) is 5.82 Å². The van der Waals surface area contributed by atoms with E-state index in [4.69, 9.17) is 10.3 Å². The second kappa shape index (κ2) is 3.95. The Morgan fingerprint density at radius 1 is 1.33 bits per heavy atom. The van der Waals surface area contributed by atoms with Crippen molar-refractivity contribution in [1.29, 1.82) is 0 Å². The number of aromatic amines is 1. The minimum atomic E-state index is 0.397. The Balaban J connectivity index is 2.00. The standard InChI is InChI=1S/C11H10N6O/c1-6-4-7(2-3-8(6)12)11-14-10(16-18-11)9-5-13-17-15-9/h2-5H,12H2,1H3,(H,13,15,17). The average Bonchev–Trinajstić information content (AvgIpc) is 3.01. The van der Waals surface area contributed by atoms with Crippen molar-refractivity contribution in [2.75, 3.05) is 5.73 Å². The predicted octanol–water partition coefficient (Wildman–Crippen LogP) is 1.41. The van der Waals surface area contributed by atoms with Crippen LogP contribution in [0.25, 0.3) is 23.0 Å². The van der Waals surface area contributed by atoms with Crippen molar-refractivity contribution in [3.8, 4) is 23.0 Å². The quantitative estimate of drug-likeness (QED) is 0.658. The van der Waals surface area contributed by atoms with Gasteiger partial charge in [-0.05, 0) is 30.7 Å². The number of nitrogen functional groups attached to an aromatic ring is 1. The van der Waals surface area contributed by atoms with Gasteiger partial charge in [-0.2, -0.15) is 20.4 Å². The Labute approximate surface area is 102 Å². The first-order valence-corrected chi connectivity index (χ1v) is 5.30. The molecule has 3 rings (SSSR count). The molecule has 0 bridgehead atoms. The number of hydrogen-bond donors (Lipinski definition) is 2. The van der Waals surface area contributed by atoms with E-state index < -0.39 is 0 Å². The molecule has 0 aliphatic heterocycles. The number of rotatable bonds is 2. The molecule has 0 radical (unpaired) electrons. The van der Waals surface area contributed by atoms with E-state index in [9.17, 15) is 0 Å². The summed E-state index contributed by atoms with van der Waals surface area (Å²) < 4.78 is 5.19. The van der Waals surface area contributed by atoms with Gasteiger partial charge in [-0.3, -0.25) is 0 Å². The molecular weight excluding hydrogens is 232 g/mol. The van der Waals surface area contributed by atoms with Crippen molar-refractivity contribution in [1.82, 2.24) is 25.6 Å². The minimum Gasteiger partial charge on any atom is -0.399 e. The third-order valence-corrected chi connectivity index (χ3v) is 2.59. The molecule has 7 heteroatoms. The summed E-state index contributed by atoms with van der Waals surface area (Å²) in [4.78, 5) is 4.25. The molecule has 18 heavy (non-hydrogen) atoms. The Kier molecular flexibility index (Phi) is 2.30. The van der Waals surface area contributed by atoms with Crippen molar-refractivity contribution >= 4 is 5.69 Å². The van der Waals surface area contributed by atoms with E-state index in [1.807, 2.05) is 25.1 Å². The van der Waals surface area contributed by atoms with E-state index in [0.717, 1.165) is 16.8 Å². The van der Waals surface area contributed by atoms with Crippen LogP contribution < -0.4 is 5.73 Å². The van der Waals surface area contributed by atoms with Crippen LogP contribution >= 0.6 is 0 Å².